The predicted octanol–water partition coefficient (Wildman–Crippen LogP) is 1.14. The summed E-state index contributed by atoms with van der Waals surface area (Å²) in [7, 11) is -3.49. The zero-order chi connectivity index (χ0) is 12.3. The summed E-state index contributed by atoms with van der Waals surface area (Å²) >= 11 is 2.77. The third-order valence-electron chi connectivity index (χ3n) is 2.11. The monoisotopic (exact) mass is 289 g/mol. The second-order valence-corrected chi connectivity index (χ2v) is 6.67. The van der Waals surface area contributed by atoms with Crippen molar-refractivity contribution in [1.29, 1.82) is 0 Å². The molecule has 92 valence electrons. The smallest absolute Gasteiger partial charge is 0.242 e. The molecule has 0 radical (unpaired) electrons. The molecule has 2 rings (SSSR count). The first kappa shape index (κ1) is 12.7. The van der Waals surface area contributed by atoms with Gasteiger partial charge in [-0.05, 0) is 11.4 Å². The van der Waals surface area contributed by atoms with E-state index in [1.807, 2.05) is 0 Å². The first-order valence-corrected chi connectivity index (χ1v) is 8.07. The number of nitrogens with two attached hydrogens (primary N) is 1. The van der Waals surface area contributed by atoms with E-state index in [0.717, 1.165) is 0 Å². The van der Waals surface area contributed by atoms with Gasteiger partial charge in [-0.3, -0.25) is 0 Å². The van der Waals surface area contributed by atoms with Gasteiger partial charge in [0.1, 0.15) is 0 Å². The van der Waals surface area contributed by atoms with Crippen molar-refractivity contribution in [2.75, 3.05) is 0 Å². The molecule has 2 aromatic rings. The molecule has 0 aliphatic rings. The molecule has 2 aromatic heterocycles. The van der Waals surface area contributed by atoms with E-state index < -0.39 is 10.0 Å². The lowest BCUT2D eigenvalue weighted by atomic mass is 10.5. The molecule has 0 aliphatic carbocycles. The first-order chi connectivity index (χ1) is 8.13. The highest BCUT2D eigenvalue weighted by molar-refractivity contribution is 7.89. The normalized spacial score (nSPS) is 11.8. The second-order valence-electron chi connectivity index (χ2n) is 3.22. The maximum atomic E-state index is 12.0. The van der Waals surface area contributed by atoms with Gasteiger partial charge in [0.15, 0.2) is 0 Å². The maximum Gasteiger partial charge on any atom is 0.242 e. The summed E-state index contributed by atoms with van der Waals surface area (Å²) in [5.41, 5.74) is 7.87. The van der Waals surface area contributed by atoms with Crippen molar-refractivity contribution < 1.29 is 8.42 Å². The summed E-state index contributed by atoms with van der Waals surface area (Å²) in [5, 5.41) is 3.53. The zero-order valence-corrected chi connectivity index (χ0v) is 11.2. The molecule has 0 fully saturated rings. The summed E-state index contributed by atoms with van der Waals surface area (Å²) in [5.74, 6) is 0. The molecule has 3 N–H and O–H groups in total. The SMILES string of the molecule is NCc1sccc1S(=O)(=O)NCc1cscn1. The Kier molecular flexibility index (Phi) is 3.89. The zero-order valence-electron chi connectivity index (χ0n) is 8.79. The van der Waals surface area contributed by atoms with Crippen LogP contribution in [0.25, 0.3) is 0 Å². The lowest BCUT2D eigenvalue weighted by Gasteiger charge is -2.05. The van der Waals surface area contributed by atoms with Crippen molar-refractivity contribution in [2.45, 2.75) is 18.0 Å². The van der Waals surface area contributed by atoms with Gasteiger partial charge < -0.3 is 5.73 Å². The Morgan fingerprint density at radius 1 is 1.47 bits per heavy atom. The lowest BCUT2D eigenvalue weighted by Crippen LogP contribution is -2.24. The molecule has 17 heavy (non-hydrogen) atoms. The summed E-state index contributed by atoms with van der Waals surface area (Å²) < 4.78 is 26.5. The number of nitrogens with one attached hydrogen (secondary N) is 1. The Morgan fingerprint density at radius 2 is 2.29 bits per heavy atom. The van der Waals surface area contributed by atoms with Gasteiger partial charge in [-0.25, -0.2) is 18.1 Å². The minimum Gasteiger partial charge on any atom is -0.326 e. The maximum absolute atomic E-state index is 12.0. The number of hydrogen-bond acceptors (Lipinski definition) is 6. The molecule has 0 spiro atoms. The molecule has 2 heterocycles. The molecule has 0 saturated carbocycles. The van der Waals surface area contributed by atoms with Crippen LogP contribution in [0.5, 0.6) is 0 Å². The Bertz CT molecular complexity index is 574. The number of nitrogens with zero attached hydrogens (tertiary/aromatic N) is 1. The van der Waals surface area contributed by atoms with Gasteiger partial charge >= 0.3 is 0 Å². The minimum atomic E-state index is -3.49. The standard InChI is InChI=1S/C9H11N3O2S3/c10-3-8-9(1-2-16-8)17(13,14)12-4-7-5-15-6-11-7/h1-2,5-6,12H,3-4,10H2. The van der Waals surface area contributed by atoms with Crippen molar-refractivity contribution in [3.8, 4) is 0 Å². The Morgan fingerprint density at radius 3 is 2.94 bits per heavy atom. The number of rotatable bonds is 5. The number of hydrogen-bond donors (Lipinski definition) is 2. The van der Waals surface area contributed by atoms with Crippen LogP contribution in [0.4, 0.5) is 0 Å². The molecule has 0 unspecified atom stereocenters. The highest BCUT2D eigenvalue weighted by Crippen LogP contribution is 2.21. The van der Waals surface area contributed by atoms with Crippen LogP contribution in [-0.2, 0) is 23.1 Å². The van der Waals surface area contributed by atoms with E-state index in [1.165, 1.54) is 22.7 Å². The molecule has 0 saturated heterocycles. The fourth-order valence-electron chi connectivity index (χ4n) is 1.29. The number of aromatic nitrogens is 1. The molecule has 0 atom stereocenters. The summed E-state index contributed by atoms with van der Waals surface area (Å²) in [6.45, 7) is 0.427. The van der Waals surface area contributed by atoms with Crippen LogP contribution >= 0.6 is 22.7 Å². The van der Waals surface area contributed by atoms with E-state index in [2.05, 4.69) is 9.71 Å². The van der Waals surface area contributed by atoms with E-state index in [1.54, 1.807) is 22.3 Å². The van der Waals surface area contributed by atoms with Crippen LogP contribution in [0.1, 0.15) is 10.6 Å². The second kappa shape index (κ2) is 5.23. The average Bonchev–Trinajstić information content (AvgIpc) is 2.97. The topological polar surface area (TPSA) is 85.1 Å². The molecule has 0 bridgehead atoms. The van der Waals surface area contributed by atoms with E-state index in [9.17, 15) is 8.42 Å². The number of thiophene rings is 1. The fraction of sp³-hybridized carbons (Fsp3) is 0.222. The fourth-order valence-corrected chi connectivity index (χ4v) is 4.18. The van der Waals surface area contributed by atoms with Gasteiger partial charge in [0.2, 0.25) is 10.0 Å². The minimum absolute atomic E-state index is 0.200. The summed E-state index contributed by atoms with van der Waals surface area (Å²) in [6.07, 6.45) is 0. The third kappa shape index (κ3) is 2.90. The Hall–Kier alpha value is -0.800. The van der Waals surface area contributed by atoms with Gasteiger partial charge in [0.05, 0.1) is 22.6 Å². The van der Waals surface area contributed by atoms with Gasteiger partial charge in [0, 0.05) is 16.8 Å². The van der Waals surface area contributed by atoms with Crippen molar-refractivity contribution in [3.05, 3.63) is 32.9 Å². The number of sulfonamides is 1. The van der Waals surface area contributed by atoms with Crippen molar-refractivity contribution in [3.63, 3.8) is 0 Å². The van der Waals surface area contributed by atoms with Crippen LogP contribution in [-0.4, -0.2) is 13.4 Å². The Balaban J connectivity index is 2.14. The molecule has 5 nitrogen and oxygen atoms in total. The Labute approximate surface area is 107 Å². The molecule has 8 heteroatoms. The van der Waals surface area contributed by atoms with Gasteiger partial charge in [-0.15, -0.1) is 22.7 Å². The van der Waals surface area contributed by atoms with Gasteiger partial charge in [-0.2, -0.15) is 0 Å². The van der Waals surface area contributed by atoms with Crippen molar-refractivity contribution in [2.24, 2.45) is 5.73 Å². The molecular weight excluding hydrogens is 278 g/mol. The largest absolute Gasteiger partial charge is 0.326 e. The van der Waals surface area contributed by atoms with Crippen molar-refractivity contribution >= 4 is 32.7 Å². The van der Waals surface area contributed by atoms with Crippen LogP contribution in [0, 0.1) is 0 Å². The summed E-state index contributed by atoms with van der Waals surface area (Å²) in [4.78, 5) is 4.94. The van der Waals surface area contributed by atoms with E-state index in [4.69, 9.17) is 5.73 Å². The molecule has 0 amide bonds. The van der Waals surface area contributed by atoms with Crippen LogP contribution in [0.2, 0.25) is 0 Å². The molecule has 0 aliphatic heterocycles. The highest BCUT2D eigenvalue weighted by Gasteiger charge is 2.18. The first-order valence-electron chi connectivity index (χ1n) is 4.76. The molecule has 0 aromatic carbocycles. The van der Waals surface area contributed by atoms with E-state index in [0.29, 0.717) is 10.6 Å². The third-order valence-corrected chi connectivity index (χ3v) is 5.30. The van der Waals surface area contributed by atoms with E-state index in [-0.39, 0.29) is 18.0 Å². The highest BCUT2D eigenvalue weighted by atomic mass is 32.2. The van der Waals surface area contributed by atoms with Gasteiger partial charge in [0.25, 0.3) is 0 Å². The van der Waals surface area contributed by atoms with Crippen LogP contribution < -0.4 is 10.5 Å². The molecular formula is C9H11N3O2S3. The predicted molar refractivity (Wildman–Crippen MR) is 68.3 cm³/mol. The quantitative estimate of drug-likeness (QED) is 0.864. The van der Waals surface area contributed by atoms with Gasteiger partial charge in [-0.1, -0.05) is 0 Å². The van der Waals surface area contributed by atoms with E-state index >= 15 is 0 Å². The average molecular weight is 289 g/mol. The summed E-state index contributed by atoms with van der Waals surface area (Å²) in [6, 6.07) is 1.57. The van der Waals surface area contributed by atoms with Crippen molar-refractivity contribution in [1.82, 2.24) is 9.71 Å². The lowest BCUT2D eigenvalue weighted by molar-refractivity contribution is 0.580. The van der Waals surface area contributed by atoms with Crippen LogP contribution in [0.15, 0.2) is 27.2 Å². The van der Waals surface area contributed by atoms with Crippen LogP contribution in [0.3, 0.4) is 0 Å². The number of thiazole rings is 1.